The summed E-state index contributed by atoms with van der Waals surface area (Å²) in [4.78, 5) is 18.0. The molecule has 0 aliphatic heterocycles. The lowest BCUT2D eigenvalue weighted by molar-refractivity contribution is -0.404. The van der Waals surface area contributed by atoms with Crippen LogP contribution in [-0.4, -0.2) is 15.0 Å². The topological polar surface area (TPSA) is 112 Å². The van der Waals surface area contributed by atoms with E-state index in [0.717, 1.165) is 0 Å². The molecule has 0 amide bonds. The maximum absolute atomic E-state index is 9.90. The van der Waals surface area contributed by atoms with Crippen LogP contribution in [0.25, 0.3) is 0 Å². The van der Waals surface area contributed by atoms with Crippen molar-refractivity contribution in [1.82, 2.24) is 5.16 Å². The molecule has 0 fully saturated rings. The first-order valence-corrected chi connectivity index (χ1v) is 2.37. The van der Waals surface area contributed by atoms with Gasteiger partial charge in [0.2, 0.25) is 0 Å². The SMILES string of the molecule is O=[N+]([O-])c1cc([N+](=O)[O-])on1. The first-order chi connectivity index (χ1) is 5.11. The molecule has 1 aromatic rings. The Hall–Kier alpha value is -1.99. The average molecular weight is 159 g/mol. The third-order valence-corrected chi connectivity index (χ3v) is 0.852. The highest BCUT2D eigenvalue weighted by Gasteiger charge is 2.22. The van der Waals surface area contributed by atoms with Crippen molar-refractivity contribution in [3.05, 3.63) is 26.3 Å². The van der Waals surface area contributed by atoms with E-state index in [4.69, 9.17) is 0 Å². The molecule has 1 aromatic heterocycles. The van der Waals surface area contributed by atoms with E-state index in [2.05, 4.69) is 9.68 Å². The molecule has 1 heterocycles. The van der Waals surface area contributed by atoms with Crippen LogP contribution in [-0.2, 0) is 0 Å². The van der Waals surface area contributed by atoms with E-state index < -0.39 is 21.5 Å². The molecule has 0 radical (unpaired) electrons. The summed E-state index contributed by atoms with van der Waals surface area (Å²) in [6.07, 6.45) is 0. The van der Waals surface area contributed by atoms with E-state index >= 15 is 0 Å². The summed E-state index contributed by atoms with van der Waals surface area (Å²) in [6, 6.07) is 0.639. The molecule has 1 rings (SSSR count). The standard InChI is InChI=1S/C3HN3O5/c7-5(8)2-1-3(6(9)10)11-4-2/h1H. The molecule has 0 saturated carbocycles. The van der Waals surface area contributed by atoms with Gasteiger partial charge in [0.05, 0.1) is 0 Å². The molecular formula is C3HN3O5. The summed E-state index contributed by atoms with van der Waals surface area (Å²) >= 11 is 0. The Morgan fingerprint density at radius 1 is 1.36 bits per heavy atom. The molecule has 0 saturated heterocycles. The Kier molecular flexibility index (Phi) is 1.51. The summed E-state index contributed by atoms with van der Waals surface area (Å²) in [5.74, 6) is -1.41. The van der Waals surface area contributed by atoms with Crippen LogP contribution in [0.4, 0.5) is 11.7 Å². The fraction of sp³-hybridized carbons (Fsp3) is 0. The van der Waals surface area contributed by atoms with E-state index in [1.165, 1.54) is 0 Å². The molecule has 0 aliphatic carbocycles. The second-order valence-corrected chi connectivity index (χ2v) is 1.54. The minimum absolute atomic E-state index is 0.639. The quantitative estimate of drug-likeness (QED) is 0.458. The fourth-order valence-corrected chi connectivity index (χ4v) is 0.429. The Balaban J connectivity index is 2.99. The van der Waals surface area contributed by atoms with Crippen molar-refractivity contribution in [3.8, 4) is 0 Å². The molecule has 8 nitrogen and oxygen atoms in total. The summed E-state index contributed by atoms with van der Waals surface area (Å²) < 4.78 is 4.00. The Morgan fingerprint density at radius 3 is 2.27 bits per heavy atom. The molecule has 0 unspecified atom stereocenters. The van der Waals surface area contributed by atoms with E-state index in [1.54, 1.807) is 0 Å². The summed E-state index contributed by atoms with van der Waals surface area (Å²) in [6.45, 7) is 0. The highest BCUT2D eigenvalue weighted by atomic mass is 16.7. The Bertz CT molecular complexity index is 275. The molecule has 0 atom stereocenters. The maximum Gasteiger partial charge on any atom is 0.484 e. The summed E-state index contributed by atoms with van der Waals surface area (Å²) in [5.41, 5.74) is 0. The van der Waals surface area contributed by atoms with Crippen LogP contribution >= 0.6 is 0 Å². The van der Waals surface area contributed by atoms with Crippen molar-refractivity contribution in [1.29, 1.82) is 0 Å². The zero-order valence-electron chi connectivity index (χ0n) is 4.96. The number of hydrogen-bond acceptors (Lipinski definition) is 6. The number of rotatable bonds is 2. The number of aromatic nitrogens is 1. The summed E-state index contributed by atoms with van der Waals surface area (Å²) in [5, 5.41) is 22.6. The predicted octanol–water partition coefficient (Wildman–Crippen LogP) is 0.491. The lowest BCUT2D eigenvalue weighted by Crippen LogP contribution is -1.86. The summed E-state index contributed by atoms with van der Waals surface area (Å²) in [7, 11) is 0. The molecule has 0 bridgehead atoms. The Morgan fingerprint density at radius 2 is 2.00 bits per heavy atom. The molecule has 8 heteroatoms. The third-order valence-electron chi connectivity index (χ3n) is 0.852. The maximum atomic E-state index is 9.90. The van der Waals surface area contributed by atoms with Gasteiger partial charge in [-0.25, -0.2) is 0 Å². The van der Waals surface area contributed by atoms with Crippen molar-refractivity contribution < 1.29 is 14.4 Å². The molecule has 0 aliphatic rings. The lowest BCUT2D eigenvalue weighted by atomic mass is 10.6. The first kappa shape index (κ1) is 7.12. The fourth-order valence-electron chi connectivity index (χ4n) is 0.429. The van der Waals surface area contributed by atoms with Gasteiger partial charge in [0.15, 0.2) is 11.2 Å². The number of nitrogens with zero attached hydrogens (tertiary/aromatic N) is 3. The molecule has 0 aromatic carbocycles. The molecule has 11 heavy (non-hydrogen) atoms. The van der Waals surface area contributed by atoms with Gasteiger partial charge in [0.25, 0.3) is 0 Å². The second-order valence-electron chi connectivity index (χ2n) is 1.54. The van der Waals surface area contributed by atoms with Crippen LogP contribution in [0.15, 0.2) is 10.6 Å². The molecule has 58 valence electrons. The van der Waals surface area contributed by atoms with Crippen molar-refractivity contribution in [2.45, 2.75) is 0 Å². The van der Waals surface area contributed by atoms with E-state index in [1.807, 2.05) is 0 Å². The lowest BCUT2D eigenvalue weighted by Gasteiger charge is -1.79. The van der Waals surface area contributed by atoms with Gasteiger partial charge in [0, 0.05) is 0 Å². The second kappa shape index (κ2) is 2.33. The number of hydrogen-bond donors (Lipinski definition) is 0. The highest BCUT2D eigenvalue weighted by Crippen LogP contribution is 2.17. The first-order valence-electron chi connectivity index (χ1n) is 2.37. The van der Waals surface area contributed by atoms with Gasteiger partial charge in [-0.3, -0.25) is 10.1 Å². The van der Waals surface area contributed by atoms with Gasteiger partial charge in [-0.1, -0.05) is 0 Å². The van der Waals surface area contributed by atoms with Crippen LogP contribution < -0.4 is 0 Å². The van der Waals surface area contributed by atoms with Gasteiger partial charge < -0.3 is 10.1 Å². The third kappa shape index (κ3) is 1.28. The van der Waals surface area contributed by atoms with Crippen molar-refractivity contribution in [3.63, 3.8) is 0 Å². The zero-order chi connectivity index (χ0) is 8.43. The van der Waals surface area contributed by atoms with Gasteiger partial charge in [-0.05, 0) is 4.92 Å². The minimum atomic E-state index is -0.903. The largest absolute Gasteiger partial charge is 0.484 e. The highest BCUT2D eigenvalue weighted by molar-refractivity contribution is 5.26. The van der Waals surface area contributed by atoms with Crippen LogP contribution in [0.3, 0.4) is 0 Å². The zero-order valence-corrected chi connectivity index (χ0v) is 4.96. The smallest absolute Gasteiger partial charge is 0.358 e. The Labute approximate surface area is 58.7 Å². The van der Waals surface area contributed by atoms with Gasteiger partial charge in [-0.15, -0.1) is 0 Å². The average Bonchev–Trinajstić information content (AvgIpc) is 2.33. The van der Waals surface area contributed by atoms with Crippen LogP contribution in [0, 0.1) is 20.2 Å². The van der Waals surface area contributed by atoms with Crippen LogP contribution in [0.2, 0.25) is 0 Å². The normalized spacial score (nSPS) is 9.45. The van der Waals surface area contributed by atoms with Crippen LogP contribution in [0.5, 0.6) is 0 Å². The van der Waals surface area contributed by atoms with Crippen molar-refractivity contribution in [2.75, 3.05) is 0 Å². The van der Waals surface area contributed by atoms with E-state index in [9.17, 15) is 20.2 Å². The predicted molar refractivity (Wildman–Crippen MR) is 29.8 cm³/mol. The molecular weight excluding hydrogens is 158 g/mol. The van der Waals surface area contributed by atoms with E-state index in [-0.39, 0.29) is 0 Å². The molecule has 0 spiro atoms. The van der Waals surface area contributed by atoms with Crippen molar-refractivity contribution in [2.24, 2.45) is 0 Å². The van der Waals surface area contributed by atoms with Gasteiger partial charge in [-0.2, -0.15) is 4.52 Å². The van der Waals surface area contributed by atoms with Crippen molar-refractivity contribution >= 4 is 11.7 Å². The van der Waals surface area contributed by atoms with Gasteiger partial charge in [0.1, 0.15) is 4.92 Å². The van der Waals surface area contributed by atoms with Crippen LogP contribution in [0.1, 0.15) is 0 Å². The van der Waals surface area contributed by atoms with Gasteiger partial charge >= 0.3 is 11.7 Å². The minimum Gasteiger partial charge on any atom is -0.358 e. The molecule has 0 N–H and O–H groups in total. The number of nitro groups is 2. The van der Waals surface area contributed by atoms with E-state index in [0.29, 0.717) is 6.07 Å². The monoisotopic (exact) mass is 159 g/mol.